The van der Waals surface area contributed by atoms with Crippen LogP contribution in [0.2, 0.25) is 5.02 Å². The van der Waals surface area contributed by atoms with E-state index in [2.05, 4.69) is 10.5 Å². The van der Waals surface area contributed by atoms with Gasteiger partial charge in [0, 0.05) is 10.6 Å². The number of benzene rings is 2. The minimum Gasteiger partial charge on any atom is -0.491 e. The van der Waals surface area contributed by atoms with Crippen LogP contribution in [0, 0.1) is 6.92 Å². The maximum atomic E-state index is 12.0. The molecule has 1 aromatic heterocycles. The molecule has 0 bridgehead atoms. The predicted molar refractivity (Wildman–Crippen MR) is 101 cm³/mol. The second-order valence-electron chi connectivity index (χ2n) is 5.74. The Morgan fingerprint density at radius 3 is 2.59 bits per heavy atom. The normalized spacial score (nSPS) is 10.6. The number of nitrogens with zero attached hydrogens (tertiary/aromatic N) is 1. The summed E-state index contributed by atoms with van der Waals surface area (Å²) in [6, 6.07) is 16.5. The third kappa shape index (κ3) is 5.57. The molecule has 0 spiro atoms. The summed E-state index contributed by atoms with van der Waals surface area (Å²) in [5.74, 6) is 1.47. The third-order valence-electron chi connectivity index (χ3n) is 3.70. The Morgan fingerprint density at radius 2 is 1.85 bits per heavy atom. The van der Waals surface area contributed by atoms with E-state index in [4.69, 9.17) is 25.6 Å². The first-order valence-electron chi connectivity index (χ1n) is 8.42. The van der Waals surface area contributed by atoms with Crippen molar-refractivity contribution in [1.82, 2.24) is 10.5 Å². The molecule has 0 aliphatic heterocycles. The molecular weight excluding hydrogens is 368 g/mol. The number of oxazole rings is 1. The highest BCUT2D eigenvalue weighted by molar-refractivity contribution is 6.30. The van der Waals surface area contributed by atoms with Crippen LogP contribution in [0.25, 0.3) is 11.5 Å². The highest BCUT2D eigenvalue weighted by Crippen LogP contribution is 2.23. The maximum Gasteiger partial charge on any atom is 0.249 e. The molecule has 27 heavy (non-hydrogen) atoms. The zero-order valence-corrected chi connectivity index (χ0v) is 15.5. The molecule has 3 rings (SSSR count). The molecule has 0 fully saturated rings. The molecule has 1 N–H and O–H groups in total. The van der Waals surface area contributed by atoms with Gasteiger partial charge in [-0.05, 0) is 43.3 Å². The summed E-state index contributed by atoms with van der Waals surface area (Å²) >= 11 is 5.88. The number of amides is 1. The quantitative estimate of drug-likeness (QED) is 0.468. The first-order chi connectivity index (χ1) is 13.1. The number of aromatic nitrogens is 1. The molecule has 140 valence electrons. The van der Waals surface area contributed by atoms with E-state index in [-0.39, 0.29) is 18.9 Å². The monoisotopic (exact) mass is 386 g/mol. The number of hydroxylamine groups is 1. The van der Waals surface area contributed by atoms with Gasteiger partial charge in [-0.25, -0.2) is 10.5 Å². The van der Waals surface area contributed by atoms with Gasteiger partial charge in [0.05, 0.1) is 12.1 Å². The summed E-state index contributed by atoms with van der Waals surface area (Å²) < 4.78 is 11.1. The van der Waals surface area contributed by atoms with Gasteiger partial charge in [0.2, 0.25) is 11.8 Å². The van der Waals surface area contributed by atoms with Crippen molar-refractivity contribution in [2.45, 2.75) is 13.3 Å². The standard InChI is InChI=1S/C20H19ClN2O4/c1-14-18(22-20(27-14)15-7-9-16(21)10-8-15)13-19(24)23-26-12-11-25-17-5-3-2-4-6-17/h2-10H,11-13H2,1H3,(H,23,24). The Labute approximate surface area is 162 Å². The SMILES string of the molecule is Cc1oc(-c2ccc(Cl)cc2)nc1CC(=O)NOCCOc1ccccc1. The summed E-state index contributed by atoms with van der Waals surface area (Å²) in [6.45, 7) is 2.33. The first-order valence-corrected chi connectivity index (χ1v) is 8.80. The molecule has 3 aromatic rings. The summed E-state index contributed by atoms with van der Waals surface area (Å²) in [5, 5.41) is 0.634. The van der Waals surface area contributed by atoms with Gasteiger partial charge in [-0.2, -0.15) is 0 Å². The van der Waals surface area contributed by atoms with Crippen molar-refractivity contribution in [1.29, 1.82) is 0 Å². The van der Waals surface area contributed by atoms with Gasteiger partial charge in [0.25, 0.3) is 0 Å². The van der Waals surface area contributed by atoms with Crippen molar-refractivity contribution in [2.75, 3.05) is 13.2 Å². The molecule has 7 heteroatoms. The van der Waals surface area contributed by atoms with E-state index in [1.807, 2.05) is 42.5 Å². The molecule has 0 saturated carbocycles. The number of carbonyl (C=O) groups excluding carboxylic acids is 1. The van der Waals surface area contributed by atoms with E-state index in [9.17, 15) is 4.79 Å². The van der Waals surface area contributed by atoms with Crippen molar-refractivity contribution >= 4 is 17.5 Å². The molecule has 0 radical (unpaired) electrons. The molecule has 0 atom stereocenters. The van der Waals surface area contributed by atoms with Crippen molar-refractivity contribution < 1.29 is 18.8 Å². The van der Waals surface area contributed by atoms with E-state index in [0.29, 0.717) is 29.0 Å². The average molecular weight is 387 g/mol. The molecule has 1 amide bonds. The number of hydrogen-bond donors (Lipinski definition) is 1. The molecule has 0 aliphatic rings. The number of hydrogen-bond acceptors (Lipinski definition) is 5. The minimum atomic E-state index is -0.311. The fourth-order valence-electron chi connectivity index (χ4n) is 2.35. The summed E-state index contributed by atoms with van der Waals surface area (Å²) in [5.41, 5.74) is 3.73. The first kappa shape index (κ1) is 18.9. The van der Waals surface area contributed by atoms with E-state index in [1.54, 1.807) is 19.1 Å². The summed E-state index contributed by atoms with van der Waals surface area (Å²) in [4.78, 5) is 21.5. The fourth-order valence-corrected chi connectivity index (χ4v) is 2.47. The highest BCUT2D eigenvalue weighted by Gasteiger charge is 2.14. The molecule has 0 unspecified atom stereocenters. The third-order valence-corrected chi connectivity index (χ3v) is 3.95. The number of ether oxygens (including phenoxy) is 1. The Hall–Kier alpha value is -2.83. The number of para-hydroxylation sites is 1. The minimum absolute atomic E-state index is 0.0580. The Morgan fingerprint density at radius 1 is 1.11 bits per heavy atom. The lowest BCUT2D eigenvalue weighted by molar-refractivity contribution is -0.133. The molecular formula is C20H19ClN2O4. The zero-order chi connectivity index (χ0) is 19.1. The lowest BCUT2D eigenvalue weighted by Crippen LogP contribution is -2.27. The molecule has 0 aliphatic carbocycles. The van der Waals surface area contributed by atoms with E-state index in [1.165, 1.54) is 0 Å². The lowest BCUT2D eigenvalue weighted by atomic mass is 10.2. The second kappa shape index (κ2) is 9.21. The Balaban J connectivity index is 1.44. The van der Waals surface area contributed by atoms with Crippen LogP contribution in [0.5, 0.6) is 5.75 Å². The number of aryl methyl sites for hydroxylation is 1. The van der Waals surface area contributed by atoms with Crippen LogP contribution >= 0.6 is 11.6 Å². The van der Waals surface area contributed by atoms with Crippen molar-refractivity contribution in [2.24, 2.45) is 0 Å². The zero-order valence-electron chi connectivity index (χ0n) is 14.8. The van der Waals surface area contributed by atoms with Gasteiger partial charge in [-0.1, -0.05) is 29.8 Å². The van der Waals surface area contributed by atoms with Crippen LogP contribution in [0.1, 0.15) is 11.5 Å². The van der Waals surface area contributed by atoms with Crippen molar-refractivity contribution in [3.63, 3.8) is 0 Å². The number of halogens is 1. The van der Waals surface area contributed by atoms with E-state index in [0.717, 1.165) is 11.3 Å². The Bertz CT molecular complexity index is 879. The van der Waals surface area contributed by atoms with Crippen LogP contribution < -0.4 is 10.2 Å². The van der Waals surface area contributed by atoms with E-state index < -0.39 is 0 Å². The van der Waals surface area contributed by atoms with Crippen LogP contribution in [-0.4, -0.2) is 24.1 Å². The fraction of sp³-hybridized carbons (Fsp3) is 0.200. The maximum absolute atomic E-state index is 12.0. The summed E-state index contributed by atoms with van der Waals surface area (Å²) in [7, 11) is 0. The van der Waals surface area contributed by atoms with Gasteiger partial charge >= 0.3 is 0 Å². The van der Waals surface area contributed by atoms with Crippen LogP contribution in [0.15, 0.2) is 59.0 Å². The van der Waals surface area contributed by atoms with Gasteiger partial charge in [0.1, 0.15) is 24.7 Å². The van der Waals surface area contributed by atoms with E-state index >= 15 is 0 Å². The predicted octanol–water partition coefficient (Wildman–Crippen LogP) is 3.97. The van der Waals surface area contributed by atoms with Gasteiger partial charge in [-0.15, -0.1) is 0 Å². The second-order valence-corrected chi connectivity index (χ2v) is 6.18. The summed E-state index contributed by atoms with van der Waals surface area (Å²) in [6.07, 6.45) is 0.0580. The van der Waals surface area contributed by atoms with Crippen molar-refractivity contribution in [3.05, 3.63) is 71.1 Å². The van der Waals surface area contributed by atoms with Crippen LogP contribution in [0.4, 0.5) is 0 Å². The number of nitrogens with one attached hydrogen (secondary N) is 1. The smallest absolute Gasteiger partial charge is 0.249 e. The largest absolute Gasteiger partial charge is 0.491 e. The van der Waals surface area contributed by atoms with Gasteiger partial charge in [-0.3, -0.25) is 9.63 Å². The van der Waals surface area contributed by atoms with Crippen molar-refractivity contribution in [3.8, 4) is 17.2 Å². The van der Waals surface area contributed by atoms with Crippen LogP contribution in [0.3, 0.4) is 0 Å². The molecule has 2 aromatic carbocycles. The molecule has 6 nitrogen and oxygen atoms in total. The topological polar surface area (TPSA) is 73.6 Å². The van der Waals surface area contributed by atoms with Crippen LogP contribution in [-0.2, 0) is 16.1 Å². The highest BCUT2D eigenvalue weighted by atomic mass is 35.5. The number of rotatable bonds is 8. The number of carbonyl (C=O) groups is 1. The lowest BCUT2D eigenvalue weighted by Gasteiger charge is -2.07. The molecule has 0 saturated heterocycles. The van der Waals surface area contributed by atoms with Gasteiger partial charge in [0.15, 0.2) is 0 Å². The van der Waals surface area contributed by atoms with Gasteiger partial charge < -0.3 is 9.15 Å². The average Bonchev–Trinajstić information content (AvgIpc) is 3.03. The Kier molecular flexibility index (Phi) is 6.46. The molecule has 1 heterocycles.